The number of hydrazine groups is 1. The highest BCUT2D eigenvalue weighted by Crippen LogP contribution is 2.15. The number of aromatic nitrogens is 2. The fourth-order valence-corrected chi connectivity index (χ4v) is 2.07. The van der Waals surface area contributed by atoms with Gasteiger partial charge in [-0.15, -0.1) is 0 Å². The van der Waals surface area contributed by atoms with Crippen molar-refractivity contribution in [3.63, 3.8) is 0 Å². The second kappa shape index (κ2) is 6.89. The van der Waals surface area contributed by atoms with Crippen molar-refractivity contribution in [1.29, 1.82) is 0 Å². The maximum absolute atomic E-state index is 4.44. The van der Waals surface area contributed by atoms with E-state index < -0.39 is 0 Å². The molecule has 0 atom stereocenters. The third-order valence-electron chi connectivity index (χ3n) is 3.02. The molecule has 0 unspecified atom stereocenters. The number of anilines is 2. The molecule has 1 heterocycles. The molecule has 2 aromatic rings. The highest BCUT2D eigenvalue weighted by atomic mass is 15.5. The standard InChI is InChI=1S/C16H22N4/c1-4-5-11-20(15-9-7-6-8-10-15)19-16-17-13(2)12-14(3)18-16/h6-10,12H,4-5,11H2,1-3H3,(H,17,18,19). The third kappa shape index (κ3) is 3.95. The van der Waals surface area contributed by atoms with Gasteiger partial charge >= 0.3 is 0 Å². The first kappa shape index (κ1) is 14.3. The molecule has 0 bridgehead atoms. The van der Waals surface area contributed by atoms with Gasteiger partial charge in [0.25, 0.3) is 0 Å². The number of aryl methyl sites for hydroxylation is 2. The van der Waals surface area contributed by atoms with Crippen molar-refractivity contribution in [2.45, 2.75) is 33.6 Å². The fourth-order valence-electron chi connectivity index (χ4n) is 2.07. The quantitative estimate of drug-likeness (QED) is 0.812. The molecule has 0 saturated carbocycles. The van der Waals surface area contributed by atoms with Crippen molar-refractivity contribution in [1.82, 2.24) is 9.97 Å². The fraction of sp³-hybridized carbons (Fsp3) is 0.375. The molecule has 4 heteroatoms. The number of hydrogen-bond acceptors (Lipinski definition) is 4. The molecule has 0 saturated heterocycles. The first-order valence-corrected chi connectivity index (χ1v) is 7.10. The van der Waals surface area contributed by atoms with Crippen LogP contribution in [0.2, 0.25) is 0 Å². The molecular formula is C16H22N4. The maximum atomic E-state index is 4.44. The van der Waals surface area contributed by atoms with Gasteiger partial charge < -0.3 is 0 Å². The minimum atomic E-state index is 0.655. The Kier molecular flexibility index (Phi) is 4.93. The van der Waals surface area contributed by atoms with Gasteiger partial charge in [-0.2, -0.15) is 0 Å². The molecule has 2 rings (SSSR count). The van der Waals surface area contributed by atoms with Crippen LogP contribution in [-0.2, 0) is 0 Å². The van der Waals surface area contributed by atoms with E-state index in [0.717, 1.165) is 36.5 Å². The molecule has 0 fully saturated rings. The van der Waals surface area contributed by atoms with E-state index in [9.17, 15) is 0 Å². The van der Waals surface area contributed by atoms with E-state index in [1.165, 1.54) is 0 Å². The highest BCUT2D eigenvalue weighted by molar-refractivity contribution is 5.50. The SMILES string of the molecule is CCCCN(Nc1nc(C)cc(C)n1)c1ccccc1. The average molecular weight is 270 g/mol. The summed E-state index contributed by atoms with van der Waals surface area (Å²) < 4.78 is 0. The normalized spacial score (nSPS) is 10.3. The lowest BCUT2D eigenvalue weighted by atomic mass is 10.3. The van der Waals surface area contributed by atoms with Crippen LogP contribution in [0.5, 0.6) is 0 Å². The number of para-hydroxylation sites is 1. The van der Waals surface area contributed by atoms with E-state index in [0.29, 0.717) is 5.95 Å². The predicted octanol–water partition coefficient (Wildman–Crippen LogP) is 3.73. The van der Waals surface area contributed by atoms with Gasteiger partial charge in [-0.1, -0.05) is 31.5 Å². The molecular weight excluding hydrogens is 248 g/mol. The summed E-state index contributed by atoms with van der Waals surface area (Å²) >= 11 is 0. The zero-order valence-electron chi connectivity index (χ0n) is 12.4. The summed E-state index contributed by atoms with van der Waals surface area (Å²) in [5, 5.41) is 2.11. The van der Waals surface area contributed by atoms with Gasteiger partial charge in [0.15, 0.2) is 0 Å². The molecule has 0 spiro atoms. The van der Waals surface area contributed by atoms with Gasteiger partial charge in [0.1, 0.15) is 0 Å². The number of benzene rings is 1. The van der Waals surface area contributed by atoms with Crippen LogP contribution in [0.1, 0.15) is 31.2 Å². The van der Waals surface area contributed by atoms with Gasteiger partial charge in [0.2, 0.25) is 5.95 Å². The lowest BCUT2D eigenvalue weighted by Gasteiger charge is -2.25. The first-order valence-electron chi connectivity index (χ1n) is 7.10. The van der Waals surface area contributed by atoms with Crippen molar-refractivity contribution in [2.75, 3.05) is 17.0 Å². The second-order valence-electron chi connectivity index (χ2n) is 4.93. The third-order valence-corrected chi connectivity index (χ3v) is 3.02. The summed E-state index contributed by atoms with van der Waals surface area (Å²) in [6.45, 7) is 7.09. The van der Waals surface area contributed by atoms with E-state index in [1.807, 2.05) is 38.1 Å². The Hall–Kier alpha value is -2.10. The van der Waals surface area contributed by atoms with E-state index in [4.69, 9.17) is 0 Å². The van der Waals surface area contributed by atoms with Crippen molar-refractivity contribution in [3.8, 4) is 0 Å². The Labute approximate surface area is 120 Å². The molecule has 1 aromatic heterocycles. The molecule has 0 aliphatic rings. The molecule has 4 nitrogen and oxygen atoms in total. The van der Waals surface area contributed by atoms with E-state index in [1.54, 1.807) is 0 Å². The lowest BCUT2D eigenvalue weighted by Crippen LogP contribution is -2.32. The molecule has 1 aromatic carbocycles. The van der Waals surface area contributed by atoms with Crippen molar-refractivity contribution >= 4 is 11.6 Å². The summed E-state index contributed by atoms with van der Waals surface area (Å²) in [6.07, 6.45) is 2.27. The van der Waals surface area contributed by atoms with Gasteiger partial charge in [-0.05, 0) is 38.5 Å². The smallest absolute Gasteiger partial charge is 0.242 e. The summed E-state index contributed by atoms with van der Waals surface area (Å²) in [5.74, 6) is 0.655. The lowest BCUT2D eigenvalue weighted by molar-refractivity contribution is 0.755. The van der Waals surface area contributed by atoms with E-state index in [-0.39, 0.29) is 0 Å². The molecule has 0 aliphatic heterocycles. The van der Waals surface area contributed by atoms with Crippen molar-refractivity contribution < 1.29 is 0 Å². The maximum Gasteiger partial charge on any atom is 0.242 e. The minimum Gasteiger partial charge on any atom is -0.285 e. The Balaban J connectivity index is 2.19. The van der Waals surface area contributed by atoms with Gasteiger partial charge in [-0.3, -0.25) is 10.4 Å². The van der Waals surface area contributed by atoms with Crippen LogP contribution in [0.25, 0.3) is 0 Å². The van der Waals surface area contributed by atoms with Crippen LogP contribution in [0.3, 0.4) is 0 Å². The molecule has 20 heavy (non-hydrogen) atoms. The molecule has 0 aliphatic carbocycles. The van der Waals surface area contributed by atoms with Crippen LogP contribution in [0.15, 0.2) is 36.4 Å². The Bertz CT molecular complexity index is 519. The van der Waals surface area contributed by atoms with Crippen LogP contribution in [0.4, 0.5) is 11.6 Å². The van der Waals surface area contributed by atoms with Gasteiger partial charge in [0, 0.05) is 17.9 Å². The number of nitrogens with zero attached hydrogens (tertiary/aromatic N) is 3. The monoisotopic (exact) mass is 270 g/mol. The number of hydrogen-bond donors (Lipinski definition) is 1. The Morgan fingerprint density at radius 2 is 1.70 bits per heavy atom. The van der Waals surface area contributed by atoms with Gasteiger partial charge in [0.05, 0.1) is 5.69 Å². The van der Waals surface area contributed by atoms with Crippen LogP contribution < -0.4 is 10.4 Å². The number of unbranched alkanes of at least 4 members (excludes halogenated alkanes) is 1. The zero-order valence-corrected chi connectivity index (χ0v) is 12.4. The van der Waals surface area contributed by atoms with Crippen molar-refractivity contribution in [2.24, 2.45) is 0 Å². The van der Waals surface area contributed by atoms with Crippen LogP contribution >= 0.6 is 0 Å². The Morgan fingerprint density at radius 1 is 1.05 bits per heavy atom. The molecule has 1 N–H and O–H groups in total. The second-order valence-corrected chi connectivity index (χ2v) is 4.93. The van der Waals surface area contributed by atoms with E-state index in [2.05, 4.69) is 39.5 Å². The molecule has 0 amide bonds. The zero-order chi connectivity index (χ0) is 14.4. The largest absolute Gasteiger partial charge is 0.285 e. The number of rotatable bonds is 6. The topological polar surface area (TPSA) is 41.0 Å². The van der Waals surface area contributed by atoms with E-state index >= 15 is 0 Å². The summed E-state index contributed by atoms with van der Waals surface area (Å²) in [7, 11) is 0. The number of nitrogens with one attached hydrogen (secondary N) is 1. The van der Waals surface area contributed by atoms with Crippen LogP contribution in [0, 0.1) is 13.8 Å². The minimum absolute atomic E-state index is 0.655. The highest BCUT2D eigenvalue weighted by Gasteiger charge is 2.08. The predicted molar refractivity (Wildman–Crippen MR) is 83.8 cm³/mol. The van der Waals surface area contributed by atoms with Crippen LogP contribution in [-0.4, -0.2) is 16.5 Å². The Morgan fingerprint density at radius 3 is 2.30 bits per heavy atom. The summed E-state index contributed by atoms with van der Waals surface area (Å²) in [5.41, 5.74) is 6.40. The first-order chi connectivity index (χ1) is 9.69. The summed E-state index contributed by atoms with van der Waals surface area (Å²) in [6, 6.07) is 12.3. The van der Waals surface area contributed by atoms with Crippen molar-refractivity contribution in [3.05, 3.63) is 47.8 Å². The molecule has 0 radical (unpaired) electrons. The summed E-state index contributed by atoms with van der Waals surface area (Å²) in [4.78, 5) is 8.89. The molecule has 106 valence electrons. The average Bonchev–Trinajstić information content (AvgIpc) is 2.43. The van der Waals surface area contributed by atoms with Gasteiger partial charge in [-0.25, -0.2) is 9.97 Å².